The Morgan fingerprint density at radius 2 is 2.17 bits per heavy atom. The number of rotatable bonds is 4. The number of hydrogen-bond donors (Lipinski definition) is 2. The molecule has 0 atom stereocenters. The predicted octanol–water partition coefficient (Wildman–Crippen LogP) is 2.17. The molecule has 8 nitrogen and oxygen atoms in total. The zero-order valence-electron chi connectivity index (χ0n) is 13.2. The lowest BCUT2D eigenvalue weighted by atomic mass is 10.4. The monoisotopic (exact) mass is 345 g/mol. The van der Waals surface area contributed by atoms with Crippen LogP contribution in [0.2, 0.25) is 5.02 Å². The maximum Gasteiger partial charge on any atom is 0.319 e. The summed E-state index contributed by atoms with van der Waals surface area (Å²) in [7, 11) is 3.68. The van der Waals surface area contributed by atoms with E-state index in [1.165, 1.54) is 6.33 Å². The van der Waals surface area contributed by atoms with Crippen LogP contribution in [0.4, 0.5) is 16.3 Å². The lowest BCUT2D eigenvalue weighted by Crippen LogP contribution is -2.29. The van der Waals surface area contributed by atoms with Gasteiger partial charge >= 0.3 is 6.03 Å². The molecule has 0 radical (unpaired) electrons. The fraction of sp³-hybridized carbons (Fsp3) is 0.200. The highest BCUT2D eigenvalue weighted by molar-refractivity contribution is 6.30. The molecule has 0 aliphatic heterocycles. The SMILES string of the molecule is CN(C)c1ncncc1NC(=O)NCc1cn2cc(Cl)ccc2n1. The van der Waals surface area contributed by atoms with E-state index in [9.17, 15) is 4.79 Å². The summed E-state index contributed by atoms with van der Waals surface area (Å²) in [5.74, 6) is 0.627. The number of pyridine rings is 1. The summed E-state index contributed by atoms with van der Waals surface area (Å²) >= 11 is 5.94. The van der Waals surface area contributed by atoms with Gasteiger partial charge in [-0.1, -0.05) is 11.6 Å². The van der Waals surface area contributed by atoms with Gasteiger partial charge in [0.25, 0.3) is 0 Å². The molecule has 0 saturated heterocycles. The second-order valence-corrected chi connectivity index (χ2v) is 5.74. The van der Waals surface area contributed by atoms with Crippen molar-refractivity contribution in [3.8, 4) is 0 Å². The summed E-state index contributed by atoms with van der Waals surface area (Å²) in [6.45, 7) is 0.288. The summed E-state index contributed by atoms with van der Waals surface area (Å²) in [6, 6.07) is 3.23. The number of carbonyl (C=O) groups excluding carboxylic acids is 1. The first-order valence-electron chi connectivity index (χ1n) is 7.18. The molecule has 124 valence electrons. The van der Waals surface area contributed by atoms with E-state index in [2.05, 4.69) is 25.6 Å². The minimum absolute atomic E-state index is 0.288. The van der Waals surface area contributed by atoms with Crippen LogP contribution in [0.25, 0.3) is 5.65 Å². The van der Waals surface area contributed by atoms with Crippen molar-refractivity contribution >= 4 is 34.8 Å². The van der Waals surface area contributed by atoms with Gasteiger partial charge in [-0.05, 0) is 12.1 Å². The number of aromatic nitrogens is 4. The summed E-state index contributed by atoms with van der Waals surface area (Å²) in [6.07, 6.45) is 6.56. The van der Waals surface area contributed by atoms with Crippen molar-refractivity contribution in [2.24, 2.45) is 0 Å². The minimum Gasteiger partial charge on any atom is -0.361 e. The smallest absolute Gasteiger partial charge is 0.319 e. The minimum atomic E-state index is -0.358. The maximum atomic E-state index is 12.1. The molecule has 24 heavy (non-hydrogen) atoms. The highest BCUT2D eigenvalue weighted by atomic mass is 35.5. The molecule has 3 aromatic rings. The molecule has 0 aromatic carbocycles. The van der Waals surface area contributed by atoms with Gasteiger partial charge in [-0.25, -0.2) is 19.7 Å². The molecule has 0 aliphatic carbocycles. The fourth-order valence-corrected chi connectivity index (χ4v) is 2.38. The van der Waals surface area contributed by atoms with Crippen molar-refractivity contribution < 1.29 is 4.79 Å². The zero-order valence-corrected chi connectivity index (χ0v) is 13.9. The van der Waals surface area contributed by atoms with Gasteiger partial charge < -0.3 is 19.9 Å². The van der Waals surface area contributed by atoms with Crippen molar-refractivity contribution in [2.75, 3.05) is 24.3 Å². The molecule has 0 unspecified atom stereocenters. The largest absolute Gasteiger partial charge is 0.361 e. The number of imidazole rings is 1. The third-order valence-corrected chi connectivity index (χ3v) is 3.48. The van der Waals surface area contributed by atoms with Gasteiger partial charge in [0.2, 0.25) is 0 Å². The Labute approximate surface area is 143 Å². The van der Waals surface area contributed by atoms with Crippen LogP contribution < -0.4 is 15.5 Å². The molecular formula is C15H16ClN7O. The van der Waals surface area contributed by atoms with Crippen molar-refractivity contribution in [1.82, 2.24) is 24.7 Å². The van der Waals surface area contributed by atoms with Crippen LogP contribution in [0.15, 0.2) is 37.1 Å². The molecule has 3 heterocycles. The number of fused-ring (bicyclic) bond motifs is 1. The summed E-state index contributed by atoms with van der Waals surface area (Å²) in [5, 5.41) is 6.11. The van der Waals surface area contributed by atoms with Crippen LogP contribution >= 0.6 is 11.6 Å². The normalized spacial score (nSPS) is 10.6. The Hall–Kier alpha value is -2.87. The van der Waals surface area contributed by atoms with Gasteiger partial charge in [0.05, 0.1) is 23.5 Å². The summed E-state index contributed by atoms with van der Waals surface area (Å²) < 4.78 is 1.81. The number of urea groups is 1. The van der Waals surface area contributed by atoms with Gasteiger partial charge in [-0.15, -0.1) is 0 Å². The van der Waals surface area contributed by atoms with Gasteiger partial charge in [0.1, 0.15) is 17.7 Å². The molecule has 2 N–H and O–H groups in total. The van der Waals surface area contributed by atoms with E-state index in [4.69, 9.17) is 11.6 Å². The quantitative estimate of drug-likeness (QED) is 0.756. The summed E-state index contributed by atoms with van der Waals surface area (Å²) in [4.78, 5) is 26.3. The number of amides is 2. The fourth-order valence-electron chi connectivity index (χ4n) is 2.21. The van der Waals surface area contributed by atoms with Gasteiger partial charge in [0, 0.05) is 26.5 Å². The Balaban J connectivity index is 1.65. The van der Waals surface area contributed by atoms with Crippen molar-refractivity contribution in [3.05, 3.63) is 47.8 Å². The van der Waals surface area contributed by atoms with Crippen LogP contribution in [-0.2, 0) is 6.54 Å². The molecule has 3 aromatic heterocycles. The third-order valence-electron chi connectivity index (χ3n) is 3.26. The highest BCUT2D eigenvalue weighted by Crippen LogP contribution is 2.18. The molecule has 0 bridgehead atoms. The molecule has 0 aliphatic rings. The van der Waals surface area contributed by atoms with E-state index >= 15 is 0 Å². The number of anilines is 2. The third kappa shape index (κ3) is 3.54. The molecule has 2 amide bonds. The number of halogens is 1. The Morgan fingerprint density at radius 3 is 2.96 bits per heavy atom. The predicted molar refractivity (Wildman–Crippen MR) is 92.4 cm³/mol. The number of hydrogen-bond acceptors (Lipinski definition) is 5. The zero-order chi connectivity index (χ0) is 17.1. The van der Waals surface area contributed by atoms with E-state index in [0.29, 0.717) is 16.5 Å². The lowest BCUT2D eigenvalue weighted by Gasteiger charge is -2.15. The van der Waals surface area contributed by atoms with E-state index in [-0.39, 0.29) is 12.6 Å². The van der Waals surface area contributed by atoms with Gasteiger partial charge in [0.15, 0.2) is 5.82 Å². The second-order valence-electron chi connectivity index (χ2n) is 5.31. The maximum absolute atomic E-state index is 12.1. The molecule has 3 rings (SSSR count). The Bertz CT molecular complexity index is 877. The van der Waals surface area contributed by atoms with Crippen LogP contribution in [-0.4, -0.2) is 39.5 Å². The standard InChI is InChI=1S/C15H16ClN7O/c1-22(2)14-12(6-17-9-19-14)21-15(24)18-5-11-8-23-7-10(16)3-4-13(23)20-11/h3-4,6-9H,5H2,1-2H3,(H2,18,21,24). The van der Waals surface area contributed by atoms with Crippen molar-refractivity contribution in [3.63, 3.8) is 0 Å². The van der Waals surface area contributed by atoms with Crippen LogP contribution in [0, 0.1) is 0 Å². The number of nitrogens with zero attached hydrogens (tertiary/aromatic N) is 5. The Kier molecular flexibility index (Phi) is 4.48. The van der Waals surface area contributed by atoms with Crippen LogP contribution in [0.5, 0.6) is 0 Å². The van der Waals surface area contributed by atoms with Gasteiger partial charge in [-0.2, -0.15) is 0 Å². The molecule has 0 fully saturated rings. The molecule has 9 heteroatoms. The molecule has 0 spiro atoms. The Morgan fingerprint density at radius 1 is 1.33 bits per heavy atom. The lowest BCUT2D eigenvalue weighted by molar-refractivity contribution is 0.251. The van der Waals surface area contributed by atoms with Crippen molar-refractivity contribution in [1.29, 1.82) is 0 Å². The average Bonchev–Trinajstić information content (AvgIpc) is 2.95. The number of carbonyl (C=O) groups is 1. The van der Waals surface area contributed by atoms with E-state index < -0.39 is 0 Å². The number of nitrogens with one attached hydrogen (secondary N) is 2. The van der Waals surface area contributed by atoms with E-state index in [1.807, 2.05) is 30.8 Å². The second kappa shape index (κ2) is 6.71. The highest BCUT2D eigenvalue weighted by Gasteiger charge is 2.10. The summed E-state index contributed by atoms with van der Waals surface area (Å²) in [5.41, 5.74) is 2.02. The van der Waals surface area contributed by atoms with Crippen LogP contribution in [0.1, 0.15) is 5.69 Å². The van der Waals surface area contributed by atoms with E-state index in [0.717, 1.165) is 11.3 Å². The van der Waals surface area contributed by atoms with Crippen LogP contribution in [0.3, 0.4) is 0 Å². The van der Waals surface area contributed by atoms with Gasteiger partial charge in [-0.3, -0.25) is 0 Å². The molecular weight excluding hydrogens is 330 g/mol. The topological polar surface area (TPSA) is 87.5 Å². The average molecular weight is 346 g/mol. The van der Waals surface area contributed by atoms with E-state index in [1.54, 1.807) is 23.4 Å². The van der Waals surface area contributed by atoms with Crippen molar-refractivity contribution in [2.45, 2.75) is 6.54 Å². The first kappa shape index (κ1) is 16.0. The first-order valence-corrected chi connectivity index (χ1v) is 7.56. The molecule has 0 saturated carbocycles. The first-order chi connectivity index (χ1) is 11.5.